The number of rotatable bonds is 11. The fraction of sp³-hybridized carbons (Fsp3) is 0.458. The highest BCUT2D eigenvalue weighted by Gasteiger charge is 2.34. The number of unbranched alkanes of at least 4 members (excludes halogenated alkanes) is 2. The second-order valence-corrected chi connectivity index (χ2v) is 8.04. The lowest BCUT2D eigenvalue weighted by Crippen LogP contribution is -2.45. The van der Waals surface area contributed by atoms with Gasteiger partial charge in [0.1, 0.15) is 5.75 Å². The van der Waals surface area contributed by atoms with Crippen LogP contribution < -0.4 is 4.74 Å². The molecule has 5 heteroatoms. The zero-order chi connectivity index (χ0) is 20.7. The summed E-state index contributed by atoms with van der Waals surface area (Å²) in [5.74, 6) is -0.440. The van der Waals surface area contributed by atoms with Crippen LogP contribution >= 0.6 is 0 Å². The Morgan fingerprint density at radius 2 is 1.93 bits per heavy atom. The van der Waals surface area contributed by atoms with Crippen molar-refractivity contribution in [1.82, 2.24) is 0 Å². The molecule has 29 heavy (non-hydrogen) atoms. The maximum Gasteiger partial charge on any atom is 0.335 e. The van der Waals surface area contributed by atoms with Gasteiger partial charge in [0.2, 0.25) is 0 Å². The normalized spacial score (nSPS) is 16.1. The number of carbonyl (C=O) groups is 1. The maximum atomic E-state index is 11.5. The molecule has 0 amide bonds. The van der Waals surface area contributed by atoms with Gasteiger partial charge < -0.3 is 19.3 Å². The highest BCUT2D eigenvalue weighted by molar-refractivity contribution is 5.89. The Bertz CT molecular complexity index is 798. The monoisotopic (exact) mass is 398 g/mol. The van der Waals surface area contributed by atoms with Crippen molar-refractivity contribution >= 4 is 5.97 Å². The summed E-state index contributed by atoms with van der Waals surface area (Å²) in [4.78, 5) is 11.5. The summed E-state index contributed by atoms with van der Waals surface area (Å²) in [6.07, 6.45) is 3.54. The third-order valence-corrected chi connectivity index (χ3v) is 5.13. The molecule has 1 aliphatic heterocycles. The minimum Gasteiger partial charge on any atom is -0.478 e. The summed E-state index contributed by atoms with van der Waals surface area (Å²) in [6.45, 7) is 6.24. The SMILES string of the molecule is CCCCCC(OCC1(C)COC1)Oc1cc(C(=O)O)ccc1-c1ccccc1. The van der Waals surface area contributed by atoms with Crippen LogP contribution in [0.3, 0.4) is 0 Å². The summed E-state index contributed by atoms with van der Waals surface area (Å²) in [7, 11) is 0. The molecule has 0 aliphatic carbocycles. The first kappa shape index (κ1) is 21.3. The summed E-state index contributed by atoms with van der Waals surface area (Å²) >= 11 is 0. The Kier molecular flexibility index (Phi) is 7.29. The van der Waals surface area contributed by atoms with E-state index in [0.29, 0.717) is 25.6 Å². The fourth-order valence-corrected chi connectivity index (χ4v) is 3.32. The van der Waals surface area contributed by atoms with Crippen molar-refractivity contribution in [2.24, 2.45) is 5.41 Å². The third-order valence-electron chi connectivity index (χ3n) is 5.13. The second-order valence-electron chi connectivity index (χ2n) is 8.04. The zero-order valence-corrected chi connectivity index (χ0v) is 17.2. The molecule has 1 heterocycles. The molecular weight excluding hydrogens is 368 g/mol. The van der Waals surface area contributed by atoms with E-state index in [0.717, 1.165) is 36.8 Å². The van der Waals surface area contributed by atoms with Gasteiger partial charge >= 0.3 is 5.97 Å². The molecule has 5 nitrogen and oxygen atoms in total. The van der Waals surface area contributed by atoms with Gasteiger partial charge in [-0.2, -0.15) is 0 Å². The molecule has 3 rings (SSSR count). The summed E-state index contributed by atoms with van der Waals surface area (Å²) in [5.41, 5.74) is 2.06. The van der Waals surface area contributed by atoms with Crippen molar-refractivity contribution in [1.29, 1.82) is 0 Å². The molecule has 0 aromatic heterocycles. The molecular formula is C24H30O5. The van der Waals surface area contributed by atoms with Crippen LogP contribution in [-0.2, 0) is 9.47 Å². The van der Waals surface area contributed by atoms with Gasteiger partial charge in [-0.25, -0.2) is 4.79 Å². The molecule has 1 saturated heterocycles. The highest BCUT2D eigenvalue weighted by atomic mass is 16.7. The first-order valence-corrected chi connectivity index (χ1v) is 10.3. The number of carboxylic acid groups (broad SMARTS) is 1. The number of aromatic carboxylic acids is 1. The van der Waals surface area contributed by atoms with Crippen LogP contribution in [0, 0.1) is 5.41 Å². The van der Waals surface area contributed by atoms with Gasteiger partial charge in [0, 0.05) is 17.4 Å². The van der Waals surface area contributed by atoms with Crippen LogP contribution in [0.1, 0.15) is 49.9 Å². The molecule has 2 aromatic carbocycles. The van der Waals surface area contributed by atoms with Gasteiger partial charge in [0.05, 0.1) is 25.4 Å². The second kappa shape index (κ2) is 9.90. The van der Waals surface area contributed by atoms with Crippen molar-refractivity contribution in [3.05, 3.63) is 54.1 Å². The number of benzene rings is 2. The van der Waals surface area contributed by atoms with Crippen LogP contribution in [0.25, 0.3) is 11.1 Å². The van der Waals surface area contributed by atoms with E-state index in [-0.39, 0.29) is 11.0 Å². The first-order chi connectivity index (χ1) is 14.0. The molecule has 1 aliphatic rings. The van der Waals surface area contributed by atoms with Crippen LogP contribution in [0.5, 0.6) is 5.75 Å². The number of ether oxygens (including phenoxy) is 3. The standard InChI is InChI=1S/C24H30O5/c1-3-4-6-11-22(28-17-24(2)15-27-16-24)29-21-14-19(23(25)26)12-13-20(21)18-9-7-5-8-10-18/h5,7-10,12-14,22H,3-4,6,11,15-17H2,1-2H3,(H,25,26). The van der Waals surface area contributed by atoms with E-state index in [4.69, 9.17) is 14.2 Å². The average molecular weight is 398 g/mol. The smallest absolute Gasteiger partial charge is 0.335 e. The fourth-order valence-electron chi connectivity index (χ4n) is 3.32. The maximum absolute atomic E-state index is 11.5. The molecule has 1 fully saturated rings. The van der Waals surface area contributed by atoms with Crippen molar-refractivity contribution in [3.8, 4) is 16.9 Å². The Balaban J connectivity index is 1.83. The molecule has 0 spiro atoms. The van der Waals surface area contributed by atoms with E-state index in [1.54, 1.807) is 18.2 Å². The lowest BCUT2D eigenvalue weighted by atomic mass is 9.90. The number of hydrogen-bond acceptors (Lipinski definition) is 4. The molecule has 0 bridgehead atoms. The highest BCUT2D eigenvalue weighted by Crippen LogP contribution is 2.33. The van der Waals surface area contributed by atoms with E-state index < -0.39 is 12.3 Å². The zero-order valence-electron chi connectivity index (χ0n) is 17.2. The van der Waals surface area contributed by atoms with Crippen LogP contribution in [0.4, 0.5) is 0 Å². The van der Waals surface area contributed by atoms with E-state index in [2.05, 4.69) is 13.8 Å². The molecule has 1 unspecified atom stereocenters. The Morgan fingerprint density at radius 1 is 1.17 bits per heavy atom. The average Bonchev–Trinajstić information content (AvgIpc) is 2.71. The topological polar surface area (TPSA) is 65.0 Å². The van der Waals surface area contributed by atoms with Gasteiger partial charge in [-0.3, -0.25) is 0 Å². The van der Waals surface area contributed by atoms with Crippen LogP contribution in [-0.4, -0.2) is 37.2 Å². The molecule has 2 aromatic rings. The van der Waals surface area contributed by atoms with Gasteiger partial charge in [0.25, 0.3) is 0 Å². The number of carboxylic acids is 1. The molecule has 1 N–H and O–H groups in total. The van der Waals surface area contributed by atoms with Gasteiger partial charge in [0.15, 0.2) is 6.29 Å². The van der Waals surface area contributed by atoms with Crippen molar-refractivity contribution in [2.45, 2.75) is 45.8 Å². The molecule has 0 saturated carbocycles. The van der Waals surface area contributed by atoms with Gasteiger partial charge in [-0.05, 0) is 30.2 Å². The predicted octanol–water partition coefficient (Wildman–Crippen LogP) is 5.39. The van der Waals surface area contributed by atoms with E-state index in [1.165, 1.54) is 0 Å². The molecule has 0 radical (unpaired) electrons. The van der Waals surface area contributed by atoms with E-state index in [9.17, 15) is 9.90 Å². The Morgan fingerprint density at radius 3 is 2.55 bits per heavy atom. The largest absolute Gasteiger partial charge is 0.478 e. The minimum atomic E-state index is -0.975. The third kappa shape index (κ3) is 5.81. The van der Waals surface area contributed by atoms with Crippen molar-refractivity contribution < 1.29 is 24.1 Å². The van der Waals surface area contributed by atoms with Crippen LogP contribution in [0.15, 0.2) is 48.5 Å². The molecule has 156 valence electrons. The number of hydrogen-bond donors (Lipinski definition) is 1. The summed E-state index contributed by atoms with van der Waals surface area (Å²) in [6, 6.07) is 14.8. The van der Waals surface area contributed by atoms with Crippen molar-refractivity contribution in [3.63, 3.8) is 0 Å². The molecule has 1 atom stereocenters. The Labute approximate surface area is 172 Å². The first-order valence-electron chi connectivity index (χ1n) is 10.3. The van der Waals surface area contributed by atoms with Crippen LogP contribution in [0.2, 0.25) is 0 Å². The summed E-state index contributed by atoms with van der Waals surface area (Å²) < 4.78 is 17.7. The quantitative estimate of drug-likeness (QED) is 0.406. The van der Waals surface area contributed by atoms with E-state index in [1.807, 2.05) is 30.3 Å². The lowest BCUT2D eigenvalue weighted by Gasteiger charge is -2.38. The van der Waals surface area contributed by atoms with Gasteiger partial charge in [-0.1, -0.05) is 57.0 Å². The van der Waals surface area contributed by atoms with Crippen molar-refractivity contribution in [2.75, 3.05) is 19.8 Å². The van der Waals surface area contributed by atoms with E-state index >= 15 is 0 Å². The van der Waals surface area contributed by atoms with Gasteiger partial charge in [-0.15, -0.1) is 0 Å². The minimum absolute atomic E-state index is 0.0253. The predicted molar refractivity (Wildman–Crippen MR) is 112 cm³/mol. The summed E-state index contributed by atoms with van der Waals surface area (Å²) in [5, 5.41) is 9.43. The lowest BCUT2D eigenvalue weighted by molar-refractivity contribution is -0.179. The Hall–Kier alpha value is -2.37.